The highest BCUT2D eigenvalue weighted by atomic mass is 15.3. The van der Waals surface area contributed by atoms with Gasteiger partial charge < -0.3 is 0 Å². The molecule has 0 bridgehead atoms. The summed E-state index contributed by atoms with van der Waals surface area (Å²) < 4.78 is 0. The van der Waals surface area contributed by atoms with Gasteiger partial charge in [0.15, 0.2) is 0 Å². The maximum absolute atomic E-state index is 4.32. The molecule has 1 aromatic rings. The summed E-state index contributed by atoms with van der Waals surface area (Å²) in [6.07, 6.45) is 2.31. The summed E-state index contributed by atoms with van der Waals surface area (Å²) in [6.45, 7) is 2.25. The van der Waals surface area contributed by atoms with Crippen molar-refractivity contribution < 1.29 is 0 Å². The fraction of sp³-hybridized carbons (Fsp3) is 0.364. The van der Waals surface area contributed by atoms with Gasteiger partial charge in [-0.25, -0.2) is 0 Å². The maximum atomic E-state index is 4.32. The first kappa shape index (κ1) is 8.30. The minimum Gasteiger partial charge on any atom is -0.279 e. The minimum atomic E-state index is 0.830. The van der Waals surface area contributed by atoms with Crippen LogP contribution in [0.4, 0.5) is 5.69 Å². The van der Waals surface area contributed by atoms with E-state index in [-0.39, 0.29) is 0 Å². The first-order valence-electron chi connectivity index (χ1n) is 4.71. The Labute approximate surface area is 78.7 Å². The molecule has 0 spiro atoms. The lowest BCUT2D eigenvalue weighted by atomic mass is 9.85. The van der Waals surface area contributed by atoms with Crippen LogP contribution >= 0.6 is 0 Å². The molecule has 1 N–H and O–H groups in total. The number of hydrogen-bond donors (Lipinski definition) is 1. The van der Waals surface area contributed by atoms with Gasteiger partial charge in [-0.05, 0) is 30.9 Å². The van der Waals surface area contributed by atoms with E-state index in [9.17, 15) is 0 Å². The van der Waals surface area contributed by atoms with Gasteiger partial charge in [0, 0.05) is 5.71 Å². The number of hydrazone groups is 1. The van der Waals surface area contributed by atoms with Crippen molar-refractivity contribution in [2.24, 2.45) is 11.0 Å². The SMILES string of the molecule is CC1CC(=NNc2ccccc2)C1. The number of rotatable bonds is 2. The maximum Gasteiger partial charge on any atom is 0.0561 e. The summed E-state index contributed by atoms with van der Waals surface area (Å²) >= 11 is 0. The predicted octanol–water partition coefficient (Wildman–Crippen LogP) is 2.88. The van der Waals surface area contributed by atoms with Gasteiger partial charge in [-0.1, -0.05) is 25.1 Å². The van der Waals surface area contributed by atoms with Gasteiger partial charge in [0.25, 0.3) is 0 Å². The Morgan fingerprint density at radius 1 is 1.23 bits per heavy atom. The van der Waals surface area contributed by atoms with E-state index < -0.39 is 0 Å². The quantitative estimate of drug-likeness (QED) is 0.685. The number of nitrogens with zero attached hydrogens (tertiary/aromatic N) is 1. The molecule has 2 nitrogen and oxygen atoms in total. The summed E-state index contributed by atoms with van der Waals surface area (Å²) in [4.78, 5) is 0. The summed E-state index contributed by atoms with van der Waals surface area (Å²) in [5.74, 6) is 0.830. The second-order valence-corrected chi connectivity index (χ2v) is 3.67. The van der Waals surface area contributed by atoms with Crippen molar-refractivity contribution in [3.05, 3.63) is 30.3 Å². The highest BCUT2D eigenvalue weighted by Gasteiger charge is 2.19. The van der Waals surface area contributed by atoms with E-state index in [2.05, 4.69) is 17.5 Å². The van der Waals surface area contributed by atoms with Crippen LogP contribution in [0.15, 0.2) is 35.4 Å². The van der Waals surface area contributed by atoms with E-state index in [0.717, 1.165) is 24.4 Å². The van der Waals surface area contributed by atoms with Crippen LogP contribution in [0.25, 0.3) is 0 Å². The zero-order valence-electron chi connectivity index (χ0n) is 7.83. The smallest absolute Gasteiger partial charge is 0.0561 e. The third kappa shape index (κ3) is 2.08. The predicted molar refractivity (Wildman–Crippen MR) is 55.9 cm³/mol. The minimum absolute atomic E-state index is 0.830. The van der Waals surface area contributed by atoms with E-state index >= 15 is 0 Å². The number of nitrogens with one attached hydrogen (secondary N) is 1. The van der Waals surface area contributed by atoms with Gasteiger partial charge >= 0.3 is 0 Å². The highest BCUT2D eigenvalue weighted by Crippen LogP contribution is 2.23. The van der Waals surface area contributed by atoms with Gasteiger partial charge in [0.05, 0.1) is 5.69 Å². The Hall–Kier alpha value is -1.31. The Kier molecular flexibility index (Phi) is 2.30. The normalized spacial score (nSPS) is 20.7. The average Bonchev–Trinajstić information content (AvgIpc) is 2.12. The van der Waals surface area contributed by atoms with E-state index in [1.807, 2.05) is 30.3 Å². The Morgan fingerprint density at radius 2 is 1.92 bits per heavy atom. The first-order chi connectivity index (χ1) is 6.34. The number of para-hydroxylation sites is 1. The van der Waals surface area contributed by atoms with Crippen LogP contribution in [-0.4, -0.2) is 5.71 Å². The second-order valence-electron chi connectivity index (χ2n) is 3.67. The van der Waals surface area contributed by atoms with Gasteiger partial charge in [-0.15, -0.1) is 0 Å². The molecule has 68 valence electrons. The Morgan fingerprint density at radius 3 is 2.54 bits per heavy atom. The zero-order valence-corrected chi connectivity index (χ0v) is 7.83. The van der Waals surface area contributed by atoms with Gasteiger partial charge in [0.1, 0.15) is 0 Å². The molecule has 1 aliphatic rings. The van der Waals surface area contributed by atoms with Crippen molar-refractivity contribution in [3.8, 4) is 0 Å². The van der Waals surface area contributed by atoms with Crippen LogP contribution < -0.4 is 5.43 Å². The highest BCUT2D eigenvalue weighted by molar-refractivity contribution is 5.90. The molecule has 1 aromatic carbocycles. The lowest BCUT2D eigenvalue weighted by Gasteiger charge is -2.23. The van der Waals surface area contributed by atoms with Crippen molar-refractivity contribution >= 4 is 11.4 Å². The molecule has 2 rings (SSSR count). The lowest BCUT2D eigenvalue weighted by molar-refractivity contribution is 0.554. The Balaban J connectivity index is 1.90. The van der Waals surface area contributed by atoms with Crippen molar-refractivity contribution in [2.75, 3.05) is 5.43 Å². The summed E-state index contributed by atoms with van der Waals surface area (Å²) in [5, 5.41) is 4.32. The van der Waals surface area contributed by atoms with Gasteiger partial charge in [0.2, 0.25) is 0 Å². The van der Waals surface area contributed by atoms with Crippen LogP contribution in [0.3, 0.4) is 0 Å². The molecule has 0 aliphatic heterocycles. The van der Waals surface area contributed by atoms with Crippen molar-refractivity contribution in [1.82, 2.24) is 0 Å². The van der Waals surface area contributed by atoms with Crippen molar-refractivity contribution in [3.63, 3.8) is 0 Å². The molecule has 0 saturated heterocycles. The molecule has 0 aromatic heterocycles. The van der Waals surface area contributed by atoms with Crippen LogP contribution in [0.5, 0.6) is 0 Å². The first-order valence-corrected chi connectivity index (χ1v) is 4.71. The van der Waals surface area contributed by atoms with E-state index in [4.69, 9.17) is 0 Å². The largest absolute Gasteiger partial charge is 0.279 e. The van der Waals surface area contributed by atoms with E-state index in [1.165, 1.54) is 5.71 Å². The van der Waals surface area contributed by atoms with Gasteiger partial charge in [-0.3, -0.25) is 5.43 Å². The number of benzene rings is 1. The fourth-order valence-corrected chi connectivity index (χ4v) is 1.49. The molecule has 0 unspecified atom stereocenters. The van der Waals surface area contributed by atoms with Crippen LogP contribution in [-0.2, 0) is 0 Å². The molecular formula is C11H14N2. The molecule has 0 atom stereocenters. The lowest BCUT2D eigenvalue weighted by Crippen LogP contribution is -2.21. The van der Waals surface area contributed by atoms with E-state index in [0.29, 0.717) is 0 Å². The van der Waals surface area contributed by atoms with Gasteiger partial charge in [-0.2, -0.15) is 5.10 Å². The summed E-state index contributed by atoms with van der Waals surface area (Å²) in [5.41, 5.74) is 5.41. The molecular weight excluding hydrogens is 160 g/mol. The fourth-order valence-electron chi connectivity index (χ4n) is 1.49. The monoisotopic (exact) mass is 174 g/mol. The average molecular weight is 174 g/mol. The standard InChI is InChI=1S/C11H14N2/c1-9-7-11(8-9)13-12-10-5-3-2-4-6-10/h2-6,9,12H,7-8H2,1H3. The van der Waals surface area contributed by atoms with Crippen molar-refractivity contribution in [1.29, 1.82) is 0 Å². The van der Waals surface area contributed by atoms with Crippen LogP contribution in [0.2, 0.25) is 0 Å². The summed E-state index contributed by atoms with van der Waals surface area (Å²) in [7, 11) is 0. The third-order valence-corrected chi connectivity index (χ3v) is 2.29. The molecule has 1 saturated carbocycles. The van der Waals surface area contributed by atoms with Crippen LogP contribution in [0, 0.1) is 5.92 Å². The van der Waals surface area contributed by atoms with Crippen molar-refractivity contribution in [2.45, 2.75) is 19.8 Å². The molecule has 2 heteroatoms. The third-order valence-electron chi connectivity index (χ3n) is 2.29. The Bertz CT molecular complexity index is 295. The molecule has 1 aliphatic carbocycles. The topological polar surface area (TPSA) is 24.4 Å². The second kappa shape index (κ2) is 3.60. The molecule has 1 fully saturated rings. The van der Waals surface area contributed by atoms with Crippen LogP contribution in [0.1, 0.15) is 19.8 Å². The zero-order chi connectivity index (χ0) is 9.10. The molecule has 0 radical (unpaired) electrons. The summed E-state index contributed by atoms with van der Waals surface area (Å²) in [6, 6.07) is 10.1. The molecule has 0 heterocycles. The molecule has 13 heavy (non-hydrogen) atoms. The van der Waals surface area contributed by atoms with E-state index in [1.54, 1.807) is 0 Å². The number of anilines is 1. The molecule has 0 amide bonds. The number of hydrogen-bond acceptors (Lipinski definition) is 2.